The van der Waals surface area contributed by atoms with E-state index < -0.39 is 7.25 Å². The first kappa shape index (κ1) is 23.1. The van der Waals surface area contributed by atoms with Crippen molar-refractivity contribution < 1.29 is 21.7 Å². The van der Waals surface area contributed by atoms with E-state index in [0.29, 0.717) is 0 Å². The second-order valence-electron chi connectivity index (χ2n) is 7.01. The Morgan fingerprint density at radius 2 is 1.06 bits per heavy atom. The molecule has 1 nitrogen and oxygen atoms in total. The quantitative estimate of drug-likeness (QED) is 0.0836. The molecule has 8 heteroatoms. The minimum absolute atomic E-state index is 0.201. The third-order valence-electron chi connectivity index (χ3n) is 4.74. The number of fused-ring (bicyclic) bond motifs is 2. The Bertz CT molecular complexity index is 1390. The SMILES string of the molecule is F[B-](F)(F)F.S=c1c2ccccc2oc2ccc([S+](c3ccccc3)c3ccccc3)cc12. The maximum atomic E-state index is 9.75. The molecule has 166 valence electrons. The summed E-state index contributed by atoms with van der Waals surface area (Å²) in [6, 6.07) is 35.7. The van der Waals surface area contributed by atoms with Crippen LogP contribution in [0.3, 0.4) is 0 Å². The van der Waals surface area contributed by atoms with Crippen molar-refractivity contribution >= 4 is 52.3 Å². The van der Waals surface area contributed by atoms with Crippen LogP contribution < -0.4 is 0 Å². The third kappa shape index (κ3) is 5.64. The summed E-state index contributed by atoms with van der Waals surface area (Å²) in [6.45, 7) is 0. The molecular formula is C25H17BF4OS2. The summed E-state index contributed by atoms with van der Waals surface area (Å²) in [6.07, 6.45) is 0. The van der Waals surface area contributed by atoms with E-state index in [1.165, 1.54) is 14.7 Å². The standard InChI is InChI=1S/C25H17OS2.BF4/c27-25-21-13-7-8-14-23(21)26-24-16-15-20(17-22(24)25)28(18-9-3-1-4-10-18)19-11-5-2-6-12-19;2-1(3,4)5/h1-17H;/q+1;-1. The van der Waals surface area contributed by atoms with Crippen LogP contribution >= 0.6 is 12.2 Å². The molecule has 0 radical (unpaired) electrons. The van der Waals surface area contributed by atoms with Crippen LogP contribution in [0.25, 0.3) is 21.9 Å². The van der Waals surface area contributed by atoms with Crippen LogP contribution in [0, 0.1) is 4.51 Å². The monoisotopic (exact) mass is 484 g/mol. The van der Waals surface area contributed by atoms with Gasteiger partial charge in [0, 0.05) is 16.8 Å². The van der Waals surface area contributed by atoms with Gasteiger partial charge in [-0.05, 0) is 48.5 Å². The second-order valence-corrected chi connectivity index (χ2v) is 9.45. The molecular weight excluding hydrogens is 467 g/mol. The maximum absolute atomic E-state index is 9.75. The van der Waals surface area contributed by atoms with Crippen LogP contribution in [0.2, 0.25) is 0 Å². The predicted octanol–water partition coefficient (Wildman–Crippen LogP) is 8.71. The Morgan fingerprint density at radius 1 is 0.576 bits per heavy atom. The van der Waals surface area contributed by atoms with Gasteiger partial charge in [0.2, 0.25) is 0 Å². The predicted molar refractivity (Wildman–Crippen MR) is 130 cm³/mol. The molecule has 5 aromatic rings. The lowest BCUT2D eigenvalue weighted by atomic mass is 10.1. The summed E-state index contributed by atoms with van der Waals surface area (Å²) in [4.78, 5) is 3.81. The zero-order valence-corrected chi connectivity index (χ0v) is 18.8. The number of hydrogen-bond donors (Lipinski definition) is 0. The Balaban J connectivity index is 0.000000471. The van der Waals surface area contributed by atoms with E-state index in [1.54, 1.807) is 0 Å². The van der Waals surface area contributed by atoms with E-state index in [4.69, 9.17) is 16.6 Å². The number of benzene rings is 4. The average molecular weight is 484 g/mol. The molecule has 0 fully saturated rings. The molecule has 0 unspecified atom stereocenters. The zero-order chi connectivity index (χ0) is 23.4. The van der Waals surface area contributed by atoms with Crippen LogP contribution in [0.1, 0.15) is 0 Å². The molecule has 0 atom stereocenters. The van der Waals surface area contributed by atoms with E-state index in [0.717, 1.165) is 26.4 Å². The summed E-state index contributed by atoms with van der Waals surface area (Å²) in [5.74, 6) is 0. The highest BCUT2D eigenvalue weighted by Gasteiger charge is 2.28. The van der Waals surface area contributed by atoms with Gasteiger partial charge in [0.15, 0.2) is 14.7 Å². The van der Waals surface area contributed by atoms with Crippen LogP contribution in [-0.4, -0.2) is 7.25 Å². The van der Waals surface area contributed by atoms with Gasteiger partial charge >= 0.3 is 7.25 Å². The summed E-state index contributed by atoms with van der Waals surface area (Å²) in [7, 11) is -6.20. The molecule has 4 aromatic carbocycles. The highest BCUT2D eigenvalue weighted by Crippen LogP contribution is 2.34. The molecule has 0 aliphatic heterocycles. The lowest BCUT2D eigenvalue weighted by molar-refractivity contribution is 0.368. The average Bonchev–Trinajstić information content (AvgIpc) is 2.80. The largest absolute Gasteiger partial charge is 0.673 e. The van der Waals surface area contributed by atoms with E-state index in [2.05, 4.69) is 78.9 Å². The van der Waals surface area contributed by atoms with Crippen molar-refractivity contribution in [3.8, 4) is 0 Å². The third-order valence-corrected chi connectivity index (χ3v) is 7.39. The summed E-state index contributed by atoms with van der Waals surface area (Å²) in [5, 5.41) is 1.98. The molecule has 0 aliphatic carbocycles. The number of hydrogen-bond acceptors (Lipinski definition) is 2. The van der Waals surface area contributed by atoms with Gasteiger partial charge in [0.25, 0.3) is 0 Å². The van der Waals surface area contributed by atoms with E-state index in [9.17, 15) is 17.3 Å². The van der Waals surface area contributed by atoms with Crippen LogP contribution in [-0.2, 0) is 10.9 Å². The van der Waals surface area contributed by atoms with Crippen molar-refractivity contribution in [2.24, 2.45) is 0 Å². The summed E-state index contributed by atoms with van der Waals surface area (Å²) < 4.78 is 46.0. The van der Waals surface area contributed by atoms with Gasteiger partial charge in [-0.1, -0.05) is 60.7 Å². The molecule has 33 heavy (non-hydrogen) atoms. The van der Waals surface area contributed by atoms with Crippen molar-refractivity contribution in [2.45, 2.75) is 14.7 Å². The molecule has 5 rings (SSSR count). The van der Waals surface area contributed by atoms with Crippen molar-refractivity contribution in [1.29, 1.82) is 0 Å². The molecule has 1 aromatic heterocycles. The zero-order valence-electron chi connectivity index (χ0n) is 17.1. The molecule has 0 amide bonds. The van der Waals surface area contributed by atoms with E-state index in [-0.39, 0.29) is 10.9 Å². The number of halogens is 4. The minimum Gasteiger partial charge on any atom is -0.456 e. The smallest absolute Gasteiger partial charge is 0.456 e. The van der Waals surface area contributed by atoms with Crippen molar-refractivity contribution in [3.63, 3.8) is 0 Å². The Hall–Kier alpha value is -3.10. The molecule has 1 heterocycles. The van der Waals surface area contributed by atoms with E-state index >= 15 is 0 Å². The first-order valence-corrected chi connectivity index (χ1v) is 11.6. The molecule has 0 N–H and O–H groups in total. The molecule has 0 spiro atoms. The van der Waals surface area contributed by atoms with Gasteiger partial charge in [-0.25, -0.2) is 0 Å². The van der Waals surface area contributed by atoms with Gasteiger partial charge in [-0.15, -0.1) is 0 Å². The number of rotatable bonds is 3. The fraction of sp³-hybridized carbons (Fsp3) is 0. The van der Waals surface area contributed by atoms with Gasteiger partial charge in [-0.3, -0.25) is 0 Å². The normalized spacial score (nSPS) is 11.4. The maximum Gasteiger partial charge on any atom is 0.673 e. The number of para-hydroxylation sites is 1. The molecule has 0 saturated heterocycles. The molecule has 0 aliphatic rings. The molecule has 0 bridgehead atoms. The van der Waals surface area contributed by atoms with Gasteiger partial charge in [-0.2, -0.15) is 0 Å². The van der Waals surface area contributed by atoms with Crippen LogP contribution in [0.5, 0.6) is 0 Å². The van der Waals surface area contributed by atoms with Crippen molar-refractivity contribution in [3.05, 3.63) is 108 Å². The lowest BCUT2D eigenvalue weighted by Gasteiger charge is -2.09. The Kier molecular flexibility index (Phi) is 6.86. The van der Waals surface area contributed by atoms with Crippen molar-refractivity contribution in [2.75, 3.05) is 0 Å². The van der Waals surface area contributed by atoms with Crippen molar-refractivity contribution in [1.82, 2.24) is 0 Å². The van der Waals surface area contributed by atoms with Gasteiger partial charge in [0.1, 0.15) is 11.2 Å². The topological polar surface area (TPSA) is 13.1 Å². The Labute approximate surface area is 196 Å². The van der Waals surface area contributed by atoms with Crippen LogP contribution in [0.15, 0.2) is 122 Å². The summed E-state index contributed by atoms with van der Waals surface area (Å²) >= 11 is 5.82. The highest BCUT2D eigenvalue weighted by molar-refractivity contribution is 7.97. The second kappa shape index (κ2) is 9.81. The first-order valence-electron chi connectivity index (χ1n) is 9.98. The van der Waals surface area contributed by atoms with Crippen LogP contribution in [0.4, 0.5) is 17.3 Å². The first-order chi connectivity index (χ1) is 15.8. The van der Waals surface area contributed by atoms with E-state index in [1.807, 2.05) is 24.3 Å². The highest BCUT2D eigenvalue weighted by atomic mass is 32.2. The summed E-state index contributed by atoms with van der Waals surface area (Å²) in [5.41, 5.74) is 1.66. The fourth-order valence-electron chi connectivity index (χ4n) is 3.43. The fourth-order valence-corrected chi connectivity index (χ4v) is 5.87. The lowest BCUT2D eigenvalue weighted by Crippen LogP contribution is -2.04. The minimum atomic E-state index is -6.00. The van der Waals surface area contributed by atoms with Gasteiger partial charge < -0.3 is 21.7 Å². The molecule has 0 saturated carbocycles. The Morgan fingerprint density at radius 3 is 1.64 bits per heavy atom. The van der Waals surface area contributed by atoms with Gasteiger partial charge in [0.05, 0.1) is 15.4 Å².